The van der Waals surface area contributed by atoms with E-state index in [2.05, 4.69) is 35.0 Å². The third-order valence-electron chi connectivity index (χ3n) is 5.12. The number of aryl methyl sites for hydroxylation is 2. The molecule has 142 valence electrons. The van der Waals surface area contributed by atoms with Gasteiger partial charge in [0.2, 0.25) is 15.9 Å². The predicted octanol–water partition coefficient (Wildman–Crippen LogP) is 2.13. The van der Waals surface area contributed by atoms with Crippen LogP contribution in [-0.2, 0) is 21.4 Å². The van der Waals surface area contributed by atoms with Crippen molar-refractivity contribution >= 4 is 26.8 Å². The molecule has 0 unspecified atom stereocenters. The first-order valence-corrected chi connectivity index (χ1v) is 11.0. The number of piperidine rings is 1. The van der Waals surface area contributed by atoms with Crippen molar-refractivity contribution < 1.29 is 13.2 Å². The largest absolute Gasteiger partial charge is 0.356 e. The van der Waals surface area contributed by atoms with Crippen molar-refractivity contribution in [2.45, 2.75) is 32.7 Å². The van der Waals surface area contributed by atoms with Crippen LogP contribution in [0, 0.1) is 12.8 Å². The number of fused-ring (bicyclic) bond motifs is 1. The summed E-state index contributed by atoms with van der Waals surface area (Å²) in [6.07, 6.45) is 3.47. The third-order valence-corrected chi connectivity index (χ3v) is 6.39. The lowest BCUT2D eigenvalue weighted by Gasteiger charge is -2.31. The molecule has 2 heterocycles. The maximum atomic E-state index is 12.3. The fourth-order valence-corrected chi connectivity index (χ4v) is 4.64. The monoisotopic (exact) mass is 377 g/mol. The Balaban J connectivity index is 1.51. The lowest BCUT2D eigenvalue weighted by molar-refractivity contribution is -0.121. The second kappa shape index (κ2) is 7.80. The molecule has 1 aliphatic rings. The van der Waals surface area contributed by atoms with Crippen molar-refractivity contribution in [1.29, 1.82) is 0 Å². The second-order valence-corrected chi connectivity index (χ2v) is 9.16. The van der Waals surface area contributed by atoms with E-state index in [0.717, 1.165) is 24.1 Å². The molecule has 1 aromatic heterocycles. The van der Waals surface area contributed by atoms with Gasteiger partial charge in [0.15, 0.2) is 0 Å². The molecule has 1 aromatic carbocycles. The van der Waals surface area contributed by atoms with Gasteiger partial charge in [-0.25, -0.2) is 12.7 Å². The fourth-order valence-electron chi connectivity index (χ4n) is 3.70. The summed E-state index contributed by atoms with van der Waals surface area (Å²) in [4.78, 5) is 12.3. The number of amides is 1. The van der Waals surface area contributed by atoms with Gasteiger partial charge in [-0.1, -0.05) is 18.2 Å². The summed E-state index contributed by atoms with van der Waals surface area (Å²) in [6.45, 7) is 4.32. The van der Waals surface area contributed by atoms with Gasteiger partial charge in [-0.15, -0.1) is 0 Å². The zero-order chi connectivity index (χ0) is 18.7. The van der Waals surface area contributed by atoms with Gasteiger partial charge in [0, 0.05) is 43.8 Å². The molecule has 1 aliphatic heterocycles. The molecular formula is C19H27N3O3S. The van der Waals surface area contributed by atoms with Crippen LogP contribution in [0.1, 0.15) is 25.0 Å². The number of sulfonamides is 1. The number of carbonyl (C=O) groups is 1. The van der Waals surface area contributed by atoms with E-state index < -0.39 is 10.0 Å². The number of carbonyl (C=O) groups excluding carboxylic acids is 1. The Bertz CT molecular complexity index is 889. The van der Waals surface area contributed by atoms with E-state index >= 15 is 0 Å². The molecular weight excluding hydrogens is 350 g/mol. The lowest BCUT2D eigenvalue weighted by Crippen LogP contribution is -2.43. The number of rotatable bonds is 6. The van der Waals surface area contributed by atoms with Crippen LogP contribution in [0.4, 0.5) is 0 Å². The summed E-state index contributed by atoms with van der Waals surface area (Å²) in [5.41, 5.74) is 2.30. The van der Waals surface area contributed by atoms with E-state index in [4.69, 9.17) is 0 Å². The highest BCUT2D eigenvalue weighted by molar-refractivity contribution is 7.88. The summed E-state index contributed by atoms with van der Waals surface area (Å²) in [7, 11) is -3.15. The minimum absolute atomic E-state index is 0.0126. The summed E-state index contributed by atoms with van der Waals surface area (Å²) in [6, 6.07) is 10.3. The van der Waals surface area contributed by atoms with Gasteiger partial charge < -0.3 is 9.88 Å². The Hall–Kier alpha value is -1.86. The molecule has 1 N–H and O–H groups in total. The number of aromatic nitrogens is 1. The van der Waals surface area contributed by atoms with Crippen molar-refractivity contribution in [3.8, 4) is 0 Å². The molecule has 26 heavy (non-hydrogen) atoms. The van der Waals surface area contributed by atoms with Gasteiger partial charge in [0.1, 0.15) is 0 Å². The smallest absolute Gasteiger partial charge is 0.221 e. The van der Waals surface area contributed by atoms with Crippen LogP contribution < -0.4 is 5.32 Å². The SMILES string of the molecule is Cc1cc2ccccc2n1CCC(=O)NC[C@@H]1CCCN(S(C)(=O)=O)C1. The Kier molecular flexibility index (Phi) is 5.67. The van der Waals surface area contributed by atoms with Gasteiger partial charge in [0.05, 0.1) is 6.26 Å². The minimum Gasteiger partial charge on any atom is -0.356 e. The van der Waals surface area contributed by atoms with Crippen LogP contribution >= 0.6 is 0 Å². The van der Waals surface area contributed by atoms with Gasteiger partial charge in [-0.3, -0.25) is 4.79 Å². The molecule has 0 spiro atoms. The quantitative estimate of drug-likeness (QED) is 0.838. The summed E-state index contributed by atoms with van der Waals surface area (Å²) >= 11 is 0. The minimum atomic E-state index is -3.15. The summed E-state index contributed by atoms with van der Waals surface area (Å²) in [5, 5.41) is 4.17. The first-order valence-electron chi connectivity index (χ1n) is 9.11. The highest BCUT2D eigenvalue weighted by atomic mass is 32.2. The second-order valence-electron chi connectivity index (χ2n) is 7.18. The van der Waals surface area contributed by atoms with Crippen LogP contribution in [0.25, 0.3) is 10.9 Å². The normalized spacial score (nSPS) is 18.9. The number of nitrogens with zero attached hydrogens (tertiary/aromatic N) is 2. The van der Waals surface area contributed by atoms with Crippen molar-refractivity contribution in [2.75, 3.05) is 25.9 Å². The van der Waals surface area contributed by atoms with Crippen LogP contribution in [-0.4, -0.2) is 49.1 Å². The third kappa shape index (κ3) is 4.45. The maximum absolute atomic E-state index is 12.3. The Morgan fingerprint density at radius 2 is 2.08 bits per heavy atom. The molecule has 1 atom stereocenters. The Labute approximate surface area is 155 Å². The molecule has 0 aliphatic carbocycles. The number of hydrogen-bond donors (Lipinski definition) is 1. The number of hydrogen-bond acceptors (Lipinski definition) is 3. The van der Waals surface area contributed by atoms with Crippen molar-refractivity contribution in [3.05, 3.63) is 36.0 Å². The average molecular weight is 378 g/mol. The highest BCUT2D eigenvalue weighted by Gasteiger charge is 2.25. The molecule has 3 rings (SSSR count). The lowest BCUT2D eigenvalue weighted by atomic mass is 10.00. The molecule has 1 saturated heterocycles. The van der Waals surface area contributed by atoms with E-state index in [0.29, 0.717) is 32.6 Å². The molecule has 0 radical (unpaired) electrons. The fraction of sp³-hybridized carbons (Fsp3) is 0.526. The predicted molar refractivity (Wildman–Crippen MR) is 103 cm³/mol. The van der Waals surface area contributed by atoms with E-state index in [1.54, 1.807) is 0 Å². The van der Waals surface area contributed by atoms with Crippen LogP contribution in [0.3, 0.4) is 0 Å². The van der Waals surface area contributed by atoms with Crippen LogP contribution in [0.15, 0.2) is 30.3 Å². The standard InChI is InChI=1S/C19H27N3O3S/c1-15-12-17-7-3-4-8-18(17)22(15)11-9-19(23)20-13-16-6-5-10-21(14-16)26(2,24)25/h3-4,7-8,12,16H,5-6,9-11,13-14H2,1-2H3,(H,20,23)/t16-/m0/s1. The number of nitrogens with one attached hydrogen (secondary N) is 1. The zero-order valence-corrected chi connectivity index (χ0v) is 16.3. The van der Waals surface area contributed by atoms with Gasteiger partial charge in [-0.05, 0) is 43.2 Å². The first-order chi connectivity index (χ1) is 12.3. The van der Waals surface area contributed by atoms with E-state index in [9.17, 15) is 13.2 Å². The van der Waals surface area contributed by atoms with Crippen molar-refractivity contribution in [2.24, 2.45) is 5.92 Å². The van der Waals surface area contributed by atoms with Crippen LogP contribution in [0.5, 0.6) is 0 Å². The summed E-state index contributed by atoms with van der Waals surface area (Å²) < 4.78 is 27.0. The molecule has 6 nitrogen and oxygen atoms in total. The van der Waals surface area contributed by atoms with E-state index in [1.165, 1.54) is 15.9 Å². The zero-order valence-electron chi connectivity index (χ0n) is 15.4. The maximum Gasteiger partial charge on any atom is 0.221 e. The molecule has 7 heteroatoms. The molecule has 0 saturated carbocycles. The van der Waals surface area contributed by atoms with Crippen molar-refractivity contribution in [3.63, 3.8) is 0 Å². The number of benzene rings is 1. The van der Waals surface area contributed by atoms with E-state index in [-0.39, 0.29) is 11.8 Å². The summed E-state index contributed by atoms with van der Waals surface area (Å²) in [5.74, 6) is 0.204. The Morgan fingerprint density at radius 3 is 2.85 bits per heavy atom. The average Bonchev–Trinajstić information content (AvgIpc) is 2.93. The molecule has 1 fully saturated rings. The first kappa shape index (κ1) is 18.9. The Morgan fingerprint density at radius 1 is 1.31 bits per heavy atom. The van der Waals surface area contributed by atoms with Crippen molar-refractivity contribution in [1.82, 2.24) is 14.2 Å². The molecule has 1 amide bonds. The van der Waals surface area contributed by atoms with Gasteiger partial charge in [-0.2, -0.15) is 0 Å². The molecule has 0 bridgehead atoms. The highest BCUT2D eigenvalue weighted by Crippen LogP contribution is 2.20. The van der Waals surface area contributed by atoms with E-state index in [1.807, 2.05) is 12.1 Å². The van der Waals surface area contributed by atoms with Crippen LogP contribution in [0.2, 0.25) is 0 Å². The number of para-hydroxylation sites is 1. The van der Waals surface area contributed by atoms with Gasteiger partial charge >= 0.3 is 0 Å². The van der Waals surface area contributed by atoms with Gasteiger partial charge in [0.25, 0.3) is 0 Å². The topological polar surface area (TPSA) is 71.4 Å². The molecule has 2 aromatic rings.